The van der Waals surface area contributed by atoms with E-state index in [1.807, 2.05) is 13.8 Å². The Kier molecular flexibility index (Phi) is 9.44. The Morgan fingerprint density at radius 1 is 1.00 bits per heavy atom. The van der Waals surface area contributed by atoms with Crippen LogP contribution in [0.25, 0.3) is 0 Å². The summed E-state index contributed by atoms with van der Waals surface area (Å²) in [5.41, 5.74) is 4.27. The molecule has 3 rings (SSSR count). The van der Waals surface area contributed by atoms with Gasteiger partial charge in [-0.3, -0.25) is 9.59 Å². The third-order valence-corrected chi connectivity index (χ3v) is 7.45. The van der Waals surface area contributed by atoms with E-state index in [9.17, 15) is 19.8 Å². The van der Waals surface area contributed by atoms with Gasteiger partial charge in [-0.1, -0.05) is 57.7 Å². The standard InChI is InChI=1S/C28H39N3O4S/c1-18(2)23-13-24(26(34)14-25(23)33)27(35)31-16-21-7-6-20(12-22(21)17-31)15-30-11-10-29-9-8-28(4,5)36-19(3)32/h6-7,12-14,18,29-30,33-34H,8-11,15-17H2,1-5H3. The zero-order chi connectivity index (χ0) is 26.5. The predicted molar refractivity (Wildman–Crippen MR) is 145 cm³/mol. The molecule has 2 aromatic carbocycles. The normalized spacial score (nSPS) is 13.3. The second kappa shape index (κ2) is 12.1. The molecule has 1 aliphatic heterocycles. The lowest BCUT2D eigenvalue weighted by Crippen LogP contribution is -2.31. The maximum atomic E-state index is 13.2. The summed E-state index contributed by atoms with van der Waals surface area (Å²) in [6, 6.07) is 9.16. The summed E-state index contributed by atoms with van der Waals surface area (Å²) in [6.07, 6.45) is 0.929. The number of amides is 1. The summed E-state index contributed by atoms with van der Waals surface area (Å²) in [5, 5.41) is 27.4. The third-order valence-electron chi connectivity index (χ3n) is 6.41. The number of benzene rings is 2. The first-order chi connectivity index (χ1) is 17.0. The molecule has 0 bridgehead atoms. The second-order valence-corrected chi connectivity index (χ2v) is 12.3. The van der Waals surface area contributed by atoms with Gasteiger partial charge in [0.15, 0.2) is 5.12 Å². The van der Waals surface area contributed by atoms with Gasteiger partial charge in [-0.15, -0.1) is 0 Å². The van der Waals surface area contributed by atoms with E-state index < -0.39 is 0 Å². The van der Waals surface area contributed by atoms with Gasteiger partial charge < -0.3 is 25.7 Å². The first kappa shape index (κ1) is 28.0. The third kappa shape index (κ3) is 7.48. The Morgan fingerprint density at radius 3 is 2.39 bits per heavy atom. The number of carbonyl (C=O) groups excluding carboxylic acids is 2. The molecule has 0 saturated heterocycles. The number of nitrogens with zero attached hydrogens (tertiary/aromatic N) is 1. The topological polar surface area (TPSA) is 102 Å². The quantitative estimate of drug-likeness (QED) is 0.328. The number of hydrogen-bond donors (Lipinski definition) is 4. The molecule has 8 heteroatoms. The molecule has 0 aliphatic carbocycles. The number of phenolic OH excluding ortho intramolecular Hbond substituents is 2. The van der Waals surface area contributed by atoms with Crippen molar-refractivity contribution in [3.8, 4) is 11.5 Å². The number of carbonyl (C=O) groups is 2. The predicted octanol–water partition coefficient (Wildman–Crippen LogP) is 4.50. The lowest BCUT2D eigenvalue weighted by atomic mass is 9.98. The van der Waals surface area contributed by atoms with Gasteiger partial charge in [-0.25, -0.2) is 0 Å². The van der Waals surface area contributed by atoms with Crippen molar-refractivity contribution in [3.63, 3.8) is 0 Å². The van der Waals surface area contributed by atoms with Crippen LogP contribution in [-0.4, -0.2) is 50.5 Å². The van der Waals surface area contributed by atoms with E-state index >= 15 is 0 Å². The summed E-state index contributed by atoms with van der Waals surface area (Å²) >= 11 is 1.39. The van der Waals surface area contributed by atoms with Crippen LogP contribution in [-0.2, 0) is 24.4 Å². The number of fused-ring (bicyclic) bond motifs is 1. The molecule has 0 aromatic heterocycles. The molecule has 196 valence electrons. The SMILES string of the molecule is CC(=O)SC(C)(C)CCNCCNCc1ccc2c(c1)CN(C(=O)c1cc(C(C)C)c(O)cc1O)C2. The minimum Gasteiger partial charge on any atom is -0.508 e. The van der Waals surface area contributed by atoms with E-state index in [2.05, 4.69) is 42.7 Å². The molecule has 0 radical (unpaired) electrons. The van der Waals surface area contributed by atoms with Crippen LogP contribution in [0.4, 0.5) is 0 Å². The number of hydrogen-bond acceptors (Lipinski definition) is 7. The van der Waals surface area contributed by atoms with Crippen LogP contribution in [0.1, 0.15) is 79.6 Å². The van der Waals surface area contributed by atoms with Crippen molar-refractivity contribution in [1.29, 1.82) is 0 Å². The number of rotatable bonds is 11. The van der Waals surface area contributed by atoms with E-state index in [-0.39, 0.29) is 38.7 Å². The van der Waals surface area contributed by atoms with Crippen LogP contribution in [0.5, 0.6) is 11.5 Å². The number of nitrogens with one attached hydrogen (secondary N) is 2. The highest BCUT2D eigenvalue weighted by atomic mass is 32.2. The Labute approximate surface area is 218 Å². The van der Waals surface area contributed by atoms with Crippen LogP contribution in [0.15, 0.2) is 30.3 Å². The maximum absolute atomic E-state index is 13.2. The molecule has 4 N–H and O–H groups in total. The van der Waals surface area contributed by atoms with Crippen molar-refractivity contribution in [2.75, 3.05) is 19.6 Å². The van der Waals surface area contributed by atoms with Gasteiger partial charge in [0.25, 0.3) is 5.91 Å². The highest BCUT2D eigenvalue weighted by Gasteiger charge is 2.27. The van der Waals surface area contributed by atoms with Crippen LogP contribution in [0, 0.1) is 0 Å². The molecular formula is C28H39N3O4S. The first-order valence-electron chi connectivity index (χ1n) is 12.5. The fourth-order valence-electron chi connectivity index (χ4n) is 4.46. The van der Waals surface area contributed by atoms with Gasteiger partial charge >= 0.3 is 0 Å². The van der Waals surface area contributed by atoms with Crippen LogP contribution in [0.3, 0.4) is 0 Å². The van der Waals surface area contributed by atoms with E-state index in [0.717, 1.165) is 49.3 Å². The molecule has 0 saturated carbocycles. The summed E-state index contributed by atoms with van der Waals surface area (Å²) in [5.74, 6) is -0.388. The van der Waals surface area contributed by atoms with Crippen molar-refractivity contribution < 1.29 is 19.8 Å². The van der Waals surface area contributed by atoms with Gasteiger partial charge in [0.2, 0.25) is 0 Å². The van der Waals surface area contributed by atoms with E-state index in [0.29, 0.717) is 18.7 Å². The lowest BCUT2D eigenvalue weighted by Gasteiger charge is -2.22. The van der Waals surface area contributed by atoms with Gasteiger partial charge in [-0.05, 0) is 47.2 Å². The second-order valence-electron chi connectivity index (χ2n) is 10.4. The Balaban J connectivity index is 1.48. The molecule has 0 unspecified atom stereocenters. The largest absolute Gasteiger partial charge is 0.508 e. The summed E-state index contributed by atoms with van der Waals surface area (Å²) < 4.78 is -0.0519. The maximum Gasteiger partial charge on any atom is 0.258 e. The van der Waals surface area contributed by atoms with E-state index in [4.69, 9.17) is 0 Å². The average Bonchev–Trinajstić information content (AvgIpc) is 3.20. The fraction of sp³-hybridized carbons (Fsp3) is 0.500. The number of aromatic hydroxyl groups is 2. The van der Waals surface area contributed by atoms with Crippen molar-refractivity contribution in [2.24, 2.45) is 0 Å². The first-order valence-corrected chi connectivity index (χ1v) is 13.4. The summed E-state index contributed by atoms with van der Waals surface area (Å²) in [7, 11) is 0. The Morgan fingerprint density at radius 2 is 1.69 bits per heavy atom. The zero-order valence-electron chi connectivity index (χ0n) is 22.0. The molecule has 7 nitrogen and oxygen atoms in total. The van der Waals surface area contributed by atoms with Crippen molar-refractivity contribution in [2.45, 2.75) is 71.3 Å². The molecule has 0 atom stereocenters. The molecule has 1 heterocycles. The molecule has 0 fully saturated rings. The van der Waals surface area contributed by atoms with Gasteiger partial charge in [0, 0.05) is 50.5 Å². The number of phenols is 2. The number of thioether (sulfide) groups is 1. The zero-order valence-corrected chi connectivity index (χ0v) is 22.8. The summed E-state index contributed by atoms with van der Waals surface area (Å²) in [4.78, 5) is 26.2. The van der Waals surface area contributed by atoms with Gasteiger partial charge in [0.05, 0.1) is 5.56 Å². The smallest absolute Gasteiger partial charge is 0.258 e. The molecule has 2 aromatic rings. The minimum atomic E-state index is -0.235. The highest BCUT2D eigenvalue weighted by Crippen LogP contribution is 2.34. The van der Waals surface area contributed by atoms with Crippen molar-refractivity contribution in [3.05, 3.63) is 58.1 Å². The van der Waals surface area contributed by atoms with Gasteiger partial charge in [-0.2, -0.15) is 0 Å². The van der Waals surface area contributed by atoms with Crippen molar-refractivity contribution in [1.82, 2.24) is 15.5 Å². The van der Waals surface area contributed by atoms with E-state index in [1.165, 1.54) is 17.8 Å². The summed E-state index contributed by atoms with van der Waals surface area (Å²) in [6.45, 7) is 14.0. The molecule has 1 amide bonds. The fourth-order valence-corrected chi connectivity index (χ4v) is 5.45. The highest BCUT2D eigenvalue weighted by molar-refractivity contribution is 8.14. The molecule has 1 aliphatic rings. The lowest BCUT2D eigenvalue weighted by molar-refractivity contribution is -0.109. The van der Waals surface area contributed by atoms with Gasteiger partial charge in [0.1, 0.15) is 11.5 Å². The Hall–Kier alpha value is -2.55. The van der Waals surface area contributed by atoms with Crippen LogP contribution >= 0.6 is 11.8 Å². The van der Waals surface area contributed by atoms with Crippen LogP contribution in [0.2, 0.25) is 0 Å². The molecular weight excluding hydrogens is 474 g/mol. The monoisotopic (exact) mass is 513 g/mol. The Bertz CT molecular complexity index is 1100. The minimum absolute atomic E-state index is 0.00641. The molecule has 36 heavy (non-hydrogen) atoms. The van der Waals surface area contributed by atoms with E-state index in [1.54, 1.807) is 17.9 Å². The molecule has 0 spiro atoms. The average molecular weight is 514 g/mol. The van der Waals surface area contributed by atoms with Crippen molar-refractivity contribution >= 4 is 22.8 Å². The van der Waals surface area contributed by atoms with Crippen LogP contribution < -0.4 is 10.6 Å².